The molecule has 0 aromatic heterocycles. The third-order valence-electron chi connectivity index (χ3n) is 8.63. The predicted octanol–water partition coefficient (Wildman–Crippen LogP) is 4.18. The van der Waals surface area contributed by atoms with Crippen LogP contribution in [0.4, 0.5) is 10.5 Å². The first kappa shape index (κ1) is 39.7. The molecule has 52 heavy (non-hydrogen) atoms. The second kappa shape index (κ2) is 17.4. The van der Waals surface area contributed by atoms with Gasteiger partial charge in [-0.15, -0.1) is 0 Å². The van der Waals surface area contributed by atoms with Crippen LogP contribution < -0.4 is 5.32 Å². The van der Waals surface area contributed by atoms with Crippen LogP contribution in [0.1, 0.15) is 68.4 Å². The minimum atomic E-state index is -1.64. The van der Waals surface area contributed by atoms with Gasteiger partial charge in [0, 0.05) is 45.0 Å². The summed E-state index contributed by atoms with van der Waals surface area (Å²) in [6.45, 7) is 10.8. The summed E-state index contributed by atoms with van der Waals surface area (Å²) in [5.74, 6) is -3.48. The molecule has 14 nitrogen and oxygen atoms in total. The van der Waals surface area contributed by atoms with Gasteiger partial charge >= 0.3 is 29.9 Å². The van der Waals surface area contributed by atoms with Crippen LogP contribution in [0.2, 0.25) is 0 Å². The number of aryl methyl sites for hydroxylation is 2. The number of anilines is 1. The Labute approximate surface area is 302 Å². The van der Waals surface area contributed by atoms with E-state index in [1.165, 1.54) is 4.90 Å². The molecule has 14 heteroatoms. The molecule has 1 saturated heterocycles. The van der Waals surface area contributed by atoms with E-state index in [9.17, 15) is 28.8 Å². The van der Waals surface area contributed by atoms with E-state index < -0.39 is 60.6 Å². The van der Waals surface area contributed by atoms with Crippen LogP contribution in [0, 0.1) is 13.8 Å². The molecule has 0 spiro atoms. The van der Waals surface area contributed by atoms with E-state index in [-0.39, 0.29) is 37.8 Å². The average molecular weight is 723 g/mol. The summed E-state index contributed by atoms with van der Waals surface area (Å²) >= 11 is 0. The predicted molar refractivity (Wildman–Crippen MR) is 187 cm³/mol. The van der Waals surface area contributed by atoms with Crippen molar-refractivity contribution in [1.29, 1.82) is 0 Å². The molecule has 5 atom stereocenters. The fraction of sp³-hybridized carbons (Fsp3) is 0.474. The van der Waals surface area contributed by atoms with Crippen molar-refractivity contribution in [3.8, 4) is 0 Å². The molecule has 2 aromatic carbocycles. The third kappa shape index (κ3) is 9.82. The molecule has 1 aliphatic heterocycles. The second-order valence-electron chi connectivity index (χ2n) is 13.1. The van der Waals surface area contributed by atoms with Crippen LogP contribution >= 0.6 is 0 Å². The number of nitrogens with one attached hydrogen (secondary N) is 1. The van der Waals surface area contributed by atoms with Crippen LogP contribution in [0.25, 0.3) is 6.08 Å². The summed E-state index contributed by atoms with van der Waals surface area (Å²) in [5.41, 5.74) is 5.81. The lowest BCUT2D eigenvalue weighted by Gasteiger charge is -2.43. The van der Waals surface area contributed by atoms with Gasteiger partial charge in [0.2, 0.25) is 0 Å². The van der Waals surface area contributed by atoms with Gasteiger partial charge < -0.3 is 38.6 Å². The Morgan fingerprint density at radius 2 is 1.56 bits per heavy atom. The molecular weight excluding hydrogens is 676 g/mol. The van der Waals surface area contributed by atoms with Gasteiger partial charge in [0.05, 0.1) is 20.3 Å². The van der Waals surface area contributed by atoms with Crippen molar-refractivity contribution in [2.75, 3.05) is 32.1 Å². The number of methoxy groups -OCH3 is 1. The number of amides is 2. The molecule has 0 saturated carbocycles. The maximum Gasteiger partial charge on any atom is 0.339 e. The minimum Gasteiger partial charge on any atom is -0.467 e. The molecule has 0 radical (unpaired) electrons. The third-order valence-corrected chi connectivity index (χ3v) is 8.63. The molecule has 2 aliphatic rings. The number of para-hydroxylation sites is 1. The number of benzene rings is 2. The zero-order valence-electron chi connectivity index (χ0n) is 30.7. The molecule has 280 valence electrons. The standard InChI is InChI=1S/C38H46N2O12/c1-20(2)28-11-9-10-12-30(28)39-38(46)40(19-27-17-26-16-21(3)15-22(4)29(26)18-31(27)44)13-14-48-37-35(51-25(7)43)33(50-24(6)42)32(49-23(5)41)34(52-37)36(45)47-8/h9-12,15-17,20,32-35,37H,13-14,18-19H2,1-8H3,(H,39,46)/t32-,33-,34-,35+,37+/m0/s1. The highest BCUT2D eigenvalue weighted by molar-refractivity contribution is 6.05. The zero-order valence-corrected chi connectivity index (χ0v) is 30.7. The normalized spacial score (nSPS) is 21.0. The first-order valence-electron chi connectivity index (χ1n) is 16.9. The fourth-order valence-corrected chi connectivity index (χ4v) is 6.34. The molecule has 1 N–H and O–H groups in total. The smallest absolute Gasteiger partial charge is 0.339 e. The van der Waals surface area contributed by atoms with E-state index in [4.69, 9.17) is 28.4 Å². The first-order valence-corrected chi connectivity index (χ1v) is 16.9. The summed E-state index contributed by atoms with van der Waals surface area (Å²) in [6, 6.07) is 10.9. The molecule has 1 heterocycles. The van der Waals surface area contributed by atoms with Crippen LogP contribution in [0.3, 0.4) is 0 Å². The SMILES string of the molecule is COC(=O)[C@H]1O[C@@H](OCCN(CC2=Cc3cc(C)cc(C)c3CC2=O)C(=O)Nc2ccccc2C(C)C)[C@H](OC(C)=O)[C@@H](OC(C)=O)[C@@H]1OC(C)=O. The van der Waals surface area contributed by atoms with E-state index in [1.54, 1.807) is 18.2 Å². The van der Waals surface area contributed by atoms with Crippen molar-refractivity contribution in [3.63, 3.8) is 0 Å². The van der Waals surface area contributed by atoms with Crippen molar-refractivity contribution in [2.45, 2.75) is 91.5 Å². The Bertz CT molecular complexity index is 1730. The van der Waals surface area contributed by atoms with E-state index >= 15 is 0 Å². The molecule has 0 unspecified atom stereocenters. The molecule has 4 rings (SSSR count). The maximum atomic E-state index is 14.0. The highest BCUT2D eigenvalue weighted by Gasteiger charge is 2.55. The molecular formula is C38H46N2O12. The van der Waals surface area contributed by atoms with E-state index in [2.05, 4.69) is 5.32 Å². The number of Topliss-reactive ketones (excluding diaryl/α,β-unsaturated/α-hetero) is 1. The Balaban J connectivity index is 1.65. The summed E-state index contributed by atoms with van der Waals surface area (Å²) in [7, 11) is 1.08. The monoisotopic (exact) mass is 722 g/mol. The Kier molecular flexibility index (Phi) is 13.3. The van der Waals surface area contributed by atoms with Gasteiger partial charge in [0.25, 0.3) is 0 Å². The maximum absolute atomic E-state index is 14.0. The van der Waals surface area contributed by atoms with Gasteiger partial charge in [-0.1, -0.05) is 49.7 Å². The van der Waals surface area contributed by atoms with Gasteiger partial charge in [-0.3, -0.25) is 19.2 Å². The topological polar surface area (TPSA) is 173 Å². The largest absolute Gasteiger partial charge is 0.467 e. The average Bonchev–Trinajstić information content (AvgIpc) is 3.06. The van der Waals surface area contributed by atoms with Crippen LogP contribution in [0.15, 0.2) is 42.0 Å². The number of carbonyl (C=O) groups excluding carboxylic acids is 6. The van der Waals surface area contributed by atoms with Crippen LogP contribution in [0.5, 0.6) is 0 Å². The van der Waals surface area contributed by atoms with E-state index in [0.717, 1.165) is 55.7 Å². The Hall–Kier alpha value is -5.08. The number of fused-ring (bicyclic) bond motifs is 1. The van der Waals surface area contributed by atoms with Crippen molar-refractivity contribution < 1.29 is 57.2 Å². The second-order valence-corrected chi connectivity index (χ2v) is 13.1. The molecule has 2 amide bonds. The number of esters is 4. The summed E-state index contributed by atoms with van der Waals surface area (Å²) in [6.07, 6.45) is -5.80. The van der Waals surface area contributed by atoms with Crippen molar-refractivity contribution in [1.82, 2.24) is 4.90 Å². The van der Waals surface area contributed by atoms with Crippen molar-refractivity contribution >= 4 is 47.5 Å². The molecule has 1 aliphatic carbocycles. The number of rotatable bonds is 12. The number of nitrogens with zero attached hydrogens (tertiary/aromatic N) is 1. The van der Waals surface area contributed by atoms with Gasteiger partial charge in [0.1, 0.15) is 0 Å². The molecule has 0 bridgehead atoms. The van der Waals surface area contributed by atoms with Gasteiger partial charge in [0.15, 0.2) is 36.5 Å². The number of hydrogen-bond donors (Lipinski definition) is 1. The quantitative estimate of drug-likeness (QED) is 0.245. The number of hydrogen-bond acceptors (Lipinski definition) is 12. The highest BCUT2D eigenvalue weighted by atomic mass is 16.7. The highest BCUT2D eigenvalue weighted by Crippen LogP contribution is 2.31. The van der Waals surface area contributed by atoms with Crippen molar-refractivity contribution in [2.24, 2.45) is 0 Å². The zero-order chi connectivity index (χ0) is 38.3. The number of urea groups is 1. The van der Waals surface area contributed by atoms with Crippen molar-refractivity contribution in [3.05, 3.63) is 69.8 Å². The van der Waals surface area contributed by atoms with Crippen LogP contribution in [-0.4, -0.2) is 98.1 Å². The first-order chi connectivity index (χ1) is 24.6. The molecule has 2 aromatic rings. The van der Waals surface area contributed by atoms with Crippen LogP contribution in [-0.2, 0) is 58.8 Å². The Morgan fingerprint density at radius 3 is 2.19 bits per heavy atom. The van der Waals surface area contributed by atoms with Gasteiger partial charge in [-0.05, 0) is 54.2 Å². The fourth-order valence-electron chi connectivity index (χ4n) is 6.34. The molecule has 1 fully saturated rings. The lowest BCUT2D eigenvalue weighted by Crippen LogP contribution is -2.64. The van der Waals surface area contributed by atoms with E-state index in [0.29, 0.717) is 11.3 Å². The number of ether oxygens (including phenoxy) is 6. The Morgan fingerprint density at radius 1 is 0.923 bits per heavy atom. The summed E-state index contributed by atoms with van der Waals surface area (Å²) in [4.78, 5) is 78.0. The number of ketones is 1. The lowest BCUT2D eigenvalue weighted by atomic mass is 9.87. The van der Waals surface area contributed by atoms with E-state index in [1.807, 2.05) is 52.0 Å². The summed E-state index contributed by atoms with van der Waals surface area (Å²) in [5, 5.41) is 2.96. The minimum absolute atomic E-state index is 0.0708. The lowest BCUT2D eigenvalue weighted by molar-refractivity contribution is -0.301. The summed E-state index contributed by atoms with van der Waals surface area (Å²) < 4.78 is 32.9. The number of carbonyl (C=O) groups is 6. The van der Waals surface area contributed by atoms with Gasteiger partial charge in [-0.2, -0.15) is 0 Å². The van der Waals surface area contributed by atoms with Gasteiger partial charge in [-0.25, -0.2) is 9.59 Å².